The van der Waals surface area contributed by atoms with Crippen molar-refractivity contribution >= 4 is 11.9 Å². The molecule has 1 heterocycles. The SMILES string of the molecule is O=C1CCC2(C(=O)O)CCCC=C2N1CCc1ccccc1. The Morgan fingerprint density at radius 1 is 1.23 bits per heavy atom. The smallest absolute Gasteiger partial charge is 0.315 e. The van der Waals surface area contributed by atoms with Gasteiger partial charge in [-0.25, -0.2) is 0 Å². The highest BCUT2D eigenvalue weighted by Gasteiger charge is 2.49. The van der Waals surface area contributed by atoms with Gasteiger partial charge >= 0.3 is 5.97 Å². The van der Waals surface area contributed by atoms with Crippen LogP contribution in [0.1, 0.15) is 37.7 Å². The fourth-order valence-corrected chi connectivity index (χ4v) is 3.63. The number of benzene rings is 1. The predicted molar refractivity (Wildman–Crippen MR) is 83.1 cm³/mol. The van der Waals surface area contributed by atoms with Gasteiger partial charge in [-0.1, -0.05) is 36.4 Å². The predicted octanol–water partition coefficient (Wildman–Crippen LogP) is 2.99. The zero-order chi connectivity index (χ0) is 15.6. The molecule has 3 rings (SSSR count). The second kappa shape index (κ2) is 5.95. The molecule has 1 fully saturated rings. The zero-order valence-electron chi connectivity index (χ0n) is 12.6. The van der Waals surface area contributed by atoms with Crippen LogP contribution in [-0.2, 0) is 16.0 Å². The zero-order valence-corrected chi connectivity index (χ0v) is 12.6. The maximum absolute atomic E-state index is 12.3. The van der Waals surface area contributed by atoms with Crippen LogP contribution in [0.25, 0.3) is 0 Å². The number of carboxylic acids is 1. The topological polar surface area (TPSA) is 57.6 Å². The summed E-state index contributed by atoms with van der Waals surface area (Å²) in [5.74, 6) is -0.725. The number of likely N-dealkylation sites (tertiary alicyclic amines) is 1. The van der Waals surface area contributed by atoms with Gasteiger partial charge in [0.25, 0.3) is 0 Å². The minimum Gasteiger partial charge on any atom is -0.481 e. The fraction of sp³-hybridized carbons (Fsp3) is 0.444. The van der Waals surface area contributed by atoms with Gasteiger partial charge < -0.3 is 10.0 Å². The molecule has 1 amide bonds. The third-order valence-electron chi connectivity index (χ3n) is 4.87. The van der Waals surface area contributed by atoms with Crippen LogP contribution in [0.15, 0.2) is 42.1 Å². The van der Waals surface area contributed by atoms with Crippen LogP contribution in [0.5, 0.6) is 0 Å². The maximum Gasteiger partial charge on any atom is 0.315 e. The number of fused-ring (bicyclic) bond motifs is 1. The molecule has 1 aromatic carbocycles. The first-order valence-corrected chi connectivity index (χ1v) is 7.92. The van der Waals surface area contributed by atoms with Gasteiger partial charge in [-0.05, 0) is 37.7 Å². The molecule has 1 aromatic rings. The second-order valence-corrected chi connectivity index (χ2v) is 6.15. The number of carbonyl (C=O) groups excluding carboxylic acids is 1. The van der Waals surface area contributed by atoms with Crippen LogP contribution in [0.4, 0.5) is 0 Å². The van der Waals surface area contributed by atoms with Gasteiger partial charge in [0.15, 0.2) is 0 Å². The lowest BCUT2D eigenvalue weighted by molar-refractivity contribution is -0.153. The van der Waals surface area contributed by atoms with E-state index in [9.17, 15) is 14.7 Å². The molecular weight excluding hydrogens is 278 g/mol. The van der Waals surface area contributed by atoms with Crippen molar-refractivity contribution in [3.63, 3.8) is 0 Å². The Hall–Kier alpha value is -2.10. The average molecular weight is 299 g/mol. The molecular formula is C18H21NO3. The van der Waals surface area contributed by atoms with Crippen molar-refractivity contribution in [1.82, 2.24) is 4.90 Å². The van der Waals surface area contributed by atoms with Crippen LogP contribution in [0.2, 0.25) is 0 Å². The molecule has 0 spiro atoms. The monoisotopic (exact) mass is 299 g/mol. The maximum atomic E-state index is 12.3. The molecule has 0 saturated carbocycles. The van der Waals surface area contributed by atoms with E-state index in [0.29, 0.717) is 25.8 Å². The van der Waals surface area contributed by atoms with Crippen molar-refractivity contribution in [1.29, 1.82) is 0 Å². The van der Waals surface area contributed by atoms with Crippen LogP contribution in [0.3, 0.4) is 0 Å². The van der Waals surface area contributed by atoms with Crippen molar-refractivity contribution in [2.24, 2.45) is 5.41 Å². The van der Waals surface area contributed by atoms with E-state index in [-0.39, 0.29) is 5.91 Å². The quantitative estimate of drug-likeness (QED) is 0.930. The average Bonchev–Trinajstić information content (AvgIpc) is 2.55. The summed E-state index contributed by atoms with van der Waals surface area (Å²) in [5.41, 5.74) is 1.06. The summed E-state index contributed by atoms with van der Waals surface area (Å²) in [6.45, 7) is 0.559. The Kier molecular flexibility index (Phi) is 4.01. The molecule has 1 unspecified atom stereocenters. The lowest BCUT2D eigenvalue weighted by Gasteiger charge is -2.44. The van der Waals surface area contributed by atoms with Crippen molar-refractivity contribution in [3.8, 4) is 0 Å². The first-order chi connectivity index (χ1) is 10.6. The van der Waals surface area contributed by atoms with Crippen molar-refractivity contribution in [2.45, 2.75) is 38.5 Å². The molecule has 116 valence electrons. The van der Waals surface area contributed by atoms with Gasteiger partial charge in [-0.15, -0.1) is 0 Å². The first kappa shape index (κ1) is 14.8. The molecule has 22 heavy (non-hydrogen) atoms. The van der Waals surface area contributed by atoms with Crippen LogP contribution in [-0.4, -0.2) is 28.4 Å². The number of carbonyl (C=O) groups is 2. The van der Waals surface area contributed by atoms with E-state index in [1.165, 1.54) is 5.56 Å². The standard InChI is InChI=1S/C18H21NO3/c20-16-9-12-18(17(21)22)11-5-4-8-15(18)19(16)13-10-14-6-2-1-3-7-14/h1-3,6-8H,4-5,9-13H2,(H,21,22). The van der Waals surface area contributed by atoms with Gasteiger partial charge in [0.2, 0.25) is 5.91 Å². The normalized spacial score (nSPS) is 24.6. The Bertz CT molecular complexity index is 608. The molecule has 1 atom stereocenters. The van der Waals surface area contributed by atoms with Gasteiger partial charge in [0.05, 0.1) is 0 Å². The molecule has 1 N–H and O–H groups in total. The third kappa shape index (κ3) is 2.54. The fourth-order valence-electron chi connectivity index (χ4n) is 3.63. The summed E-state index contributed by atoms with van der Waals surface area (Å²) in [5, 5.41) is 9.73. The molecule has 0 bridgehead atoms. The van der Waals surface area contributed by atoms with Gasteiger partial charge in [0.1, 0.15) is 5.41 Å². The van der Waals surface area contributed by atoms with E-state index in [2.05, 4.69) is 0 Å². The van der Waals surface area contributed by atoms with E-state index in [1.54, 1.807) is 4.90 Å². The largest absolute Gasteiger partial charge is 0.481 e. The van der Waals surface area contributed by atoms with Crippen LogP contribution < -0.4 is 0 Å². The summed E-state index contributed by atoms with van der Waals surface area (Å²) in [7, 11) is 0. The second-order valence-electron chi connectivity index (χ2n) is 6.15. The Balaban J connectivity index is 1.83. The number of carboxylic acid groups (broad SMARTS) is 1. The number of hydrogen-bond acceptors (Lipinski definition) is 2. The summed E-state index contributed by atoms with van der Waals surface area (Å²) in [4.78, 5) is 25.9. The summed E-state index contributed by atoms with van der Waals surface area (Å²) >= 11 is 0. The van der Waals surface area contributed by atoms with Gasteiger partial charge in [-0.2, -0.15) is 0 Å². The number of nitrogens with zero attached hydrogens (tertiary/aromatic N) is 1. The lowest BCUT2D eigenvalue weighted by Crippen LogP contribution is -2.49. The number of amides is 1. The highest BCUT2D eigenvalue weighted by atomic mass is 16.4. The van der Waals surface area contributed by atoms with Gasteiger partial charge in [-0.3, -0.25) is 9.59 Å². The number of allylic oxidation sites excluding steroid dienone is 1. The number of aliphatic carboxylic acids is 1. The summed E-state index contributed by atoms with van der Waals surface area (Å²) < 4.78 is 0. The van der Waals surface area contributed by atoms with E-state index in [1.807, 2.05) is 36.4 Å². The number of piperidine rings is 1. The highest BCUT2D eigenvalue weighted by Crippen LogP contribution is 2.46. The number of rotatable bonds is 4. The lowest BCUT2D eigenvalue weighted by atomic mass is 9.70. The molecule has 1 aliphatic carbocycles. The van der Waals surface area contributed by atoms with Gasteiger partial charge in [0, 0.05) is 18.7 Å². The molecule has 0 radical (unpaired) electrons. The Labute approximate surface area is 130 Å². The Morgan fingerprint density at radius 3 is 2.73 bits per heavy atom. The molecule has 0 aromatic heterocycles. The molecule has 1 aliphatic heterocycles. The van der Waals surface area contributed by atoms with Crippen molar-refractivity contribution < 1.29 is 14.7 Å². The third-order valence-corrected chi connectivity index (χ3v) is 4.87. The van der Waals surface area contributed by atoms with E-state index in [0.717, 1.165) is 25.0 Å². The molecule has 4 heteroatoms. The van der Waals surface area contributed by atoms with E-state index in [4.69, 9.17) is 0 Å². The molecule has 2 aliphatic rings. The van der Waals surface area contributed by atoms with Crippen LogP contribution in [0, 0.1) is 5.41 Å². The molecule has 4 nitrogen and oxygen atoms in total. The summed E-state index contributed by atoms with van der Waals surface area (Å²) in [6.07, 6.45) is 5.88. The van der Waals surface area contributed by atoms with Crippen molar-refractivity contribution in [2.75, 3.05) is 6.54 Å². The number of hydrogen-bond donors (Lipinski definition) is 1. The van der Waals surface area contributed by atoms with Crippen molar-refractivity contribution in [3.05, 3.63) is 47.7 Å². The summed E-state index contributed by atoms with van der Waals surface area (Å²) in [6, 6.07) is 10.0. The van der Waals surface area contributed by atoms with E-state index < -0.39 is 11.4 Å². The molecule has 1 saturated heterocycles. The first-order valence-electron chi connectivity index (χ1n) is 7.92. The minimum atomic E-state index is -0.844. The minimum absolute atomic E-state index is 0.0564. The Morgan fingerprint density at radius 2 is 2.00 bits per heavy atom. The van der Waals surface area contributed by atoms with E-state index >= 15 is 0 Å². The highest BCUT2D eigenvalue weighted by molar-refractivity contribution is 5.87. The van der Waals surface area contributed by atoms with Crippen LogP contribution >= 0.6 is 0 Å².